The number of fused-ring (bicyclic) bond motifs is 1. The van der Waals surface area contributed by atoms with E-state index in [9.17, 15) is 9.59 Å². The molecule has 4 rings (SSSR count). The molecule has 1 aliphatic rings. The first-order valence-electron chi connectivity index (χ1n) is 8.89. The highest BCUT2D eigenvalue weighted by molar-refractivity contribution is 6.10. The van der Waals surface area contributed by atoms with Crippen LogP contribution in [-0.4, -0.2) is 33.0 Å². The van der Waals surface area contributed by atoms with E-state index in [2.05, 4.69) is 10.1 Å². The van der Waals surface area contributed by atoms with Crippen LogP contribution in [0.3, 0.4) is 0 Å². The molecule has 3 aromatic rings. The van der Waals surface area contributed by atoms with Crippen LogP contribution in [0.15, 0.2) is 48.8 Å². The second kappa shape index (κ2) is 6.46. The molecule has 27 heavy (non-hydrogen) atoms. The Morgan fingerprint density at radius 1 is 1.19 bits per heavy atom. The lowest BCUT2D eigenvalue weighted by atomic mass is 10.0. The number of pyridine rings is 1. The third-order valence-electron chi connectivity index (χ3n) is 4.90. The number of Topliss-reactive ketones (excluding diaryl/α,β-unsaturated/α-hetero) is 1. The molecule has 0 fully saturated rings. The molecule has 1 atom stereocenters. The minimum atomic E-state index is -0.0920. The number of rotatable bonds is 3. The second-order valence-corrected chi connectivity index (χ2v) is 6.91. The number of anilines is 1. The summed E-state index contributed by atoms with van der Waals surface area (Å²) in [6, 6.07) is 11.1. The first kappa shape index (κ1) is 17.1. The van der Waals surface area contributed by atoms with Crippen LogP contribution >= 0.6 is 0 Å². The zero-order valence-corrected chi connectivity index (χ0v) is 15.5. The Hall–Kier alpha value is -3.28. The Morgan fingerprint density at radius 3 is 2.59 bits per heavy atom. The number of carbonyl (C=O) groups is 2. The third kappa shape index (κ3) is 2.93. The fourth-order valence-electron chi connectivity index (χ4n) is 3.49. The highest BCUT2D eigenvalue weighted by Crippen LogP contribution is 2.32. The van der Waals surface area contributed by atoms with E-state index in [-0.39, 0.29) is 17.7 Å². The van der Waals surface area contributed by atoms with Gasteiger partial charge in [0.1, 0.15) is 5.69 Å². The maximum Gasteiger partial charge on any atom is 0.277 e. The first-order valence-corrected chi connectivity index (χ1v) is 8.89. The highest BCUT2D eigenvalue weighted by atomic mass is 16.2. The lowest BCUT2D eigenvalue weighted by Crippen LogP contribution is -2.42. The van der Waals surface area contributed by atoms with Crippen molar-refractivity contribution in [3.05, 3.63) is 65.7 Å². The molecule has 0 bridgehead atoms. The molecular weight excluding hydrogens is 340 g/mol. The van der Waals surface area contributed by atoms with Gasteiger partial charge in [-0.25, -0.2) is 0 Å². The van der Waals surface area contributed by atoms with Gasteiger partial charge in [0, 0.05) is 35.2 Å². The van der Waals surface area contributed by atoms with E-state index in [0.29, 0.717) is 17.8 Å². The molecule has 0 saturated carbocycles. The normalized spacial score (nSPS) is 16.3. The average Bonchev–Trinajstić information content (AvgIpc) is 3.11. The second-order valence-electron chi connectivity index (χ2n) is 6.91. The molecule has 0 N–H and O–H groups in total. The van der Waals surface area contributed by atoms with Crippen LogP contribution in [0.2, 0.25) is 0 Å². The molecule has 1 aliphatic heterocycles. The molecule has 3 heterocycles. The van der Waals surface area contributed by atoms with Crippen LogP contribution in [0.5, 0.6) is 0 Å². The minimum Gasteiger partial charge on any atom is -0.305 e. The zero-order chi connectivity index (χ0) is 19.1. The summed E-state index contributed by atoms with van der Waals surface area (Å²) in [5, 5.41) is 4.46. The van der Waals surface area contributed by atoms with Crippen molar-refractivity contribution >= 4 is 17.4 Å². The fourth-order valence-corrected chi connectivity index (χ4v) is 3.49. The van der Waals surface area contributed by atoms with Crippen LogP contribution in [0, 0.1) is 6.92 Å². The summed E-state index contributed by atoms with van der Waals surface area (Å²) >= 11 is 0. The molecule has 1 aromatic carbocycles. The SMILES string of the molecule is CC(=O)c1ccc(N2C[C@H](C)n3ncc(-c4ccnc(C)c4)c3C2=O)cc1. The average molecular weight is 360 g/mol. The standard InChI is InChI=1S/C21H20N4O2/c1-13-10-17(8-9-22-13)19-11-23-25-14(2)12-24(21(27)20(19)25)18-6-4-16(5-7-18)15(3)26/h4-11,14H,12H2,1-3H3/t14-/m0/s1. The smallest absolute Gasteiger partial charge is 0.277 e. The van der Waals surface area contributed by atoms with Crippen molar-refractivity contribution in [1.82, 2.24) is 14.8 Å². The lowest BCUT2D eigenvalue weighted by Gasteiger charge is -2.32. The molecule has 0 unspecified atom stereocenters. The summed E-state index contributed by atoms with van der Waals surface area (Å²) in [6.07, 6.45) is 3.49. The predicted molar refractivity (Wildman–Crippen MR) is 103 cm³/mol. The lowest BCUT2D eigenvalue weighted by molar-refractivity contribution is 0.0953. The Balaban J connectivity index is 1.77. The molecule has 0 spiro atoms. The maximum atomic E-state index is 13.3. The van der Waals surface area contributed by atoms with Crippen LogP contribution in [0.25, 0.3) is 11.1 Å². The highest BCUT2D eigenvalue weighted by Gasteiger charge is 2.33. The number of nitrogens with zero attached hydrogens (tertiary/aromatic N) is 4. The van der Waals surface area contributed by atoms with E-state index in [4.69, 9.17) is 0 Å². The fraction of sp³-hybridized carbons (Fsp3) is 0.238. The third-order valence-corrected chi connectivity index (χ3v) is 4.90. The van der Waals surface area contributed by atoms with E-state index in [1.54, 1.807) is 34.1 Å². The van der Waals surface area contributed by atoms with Gasteiger partial charge in [-0.3, -0.25) is 19.3 Å². The Bertz CT molecular complexity index is 1040. The van der Waals surface area contributed by atoms with E-state index in [0.717, 1.165) is 22.5 Å². The summed E-state index contributed by atoms with van der Waals surface area (Å²) in [5.41, 5.74) is 4.62. The van der Waals surface area contributed by atoms with Gasteiger partial charge >= 0.3 is 0 Å². The van der Waals surface area contributed by atoms with Crippen molar-refractivity contribution in [2.24, 2.45) is 0 Å². The van der Waals surface area contributed by atoms with Crippen molar-refractivity contribution < 1.29 is 9.59 Å². The number of aryl methyl sites for hydroxylation is 1. The van der Waals surface area contributed by atoms with Gasteiger partial charge in [0.05, 0.1) is 12.2 Å². The van der Waals surface area contributed by atoms with Crippen LogP contribution in [-0.2, 0) is 0 Å². The minimum absolute atomic E-state index is 0.00769. The monoisotopic (exact) mass is 360 g/mol. The van der Waals surface area contributed by atoms with E-state index in [1.165, 1.54) is 6.92 Å². The molecule has 2 aromatic heterocycles. The summed E-state index contributed by atoms with van der Waals surface area (Å²) in [5.74, 6) is -0.0843. The number of benzene rings is 1. The molecule has 0 radical (unpaired) electrons. The number of aromatic nitrogens is 3. The number of amides is 1. The van der Waals surface area contributed by atoms with Crippen LogP contribution in [0.4, 0.5) is 5.69 Å². The molecular formula is C21H20N4O2. The largest absolute Gasteiger partial charge is 0.305 e. The van der Waals surface area contributed by atoms with Crippen molar-refractivity contribution in [1.29, 1.82) is 0 Å². The molecule has 1 amide bonds. The molecule has 0 saturated heterocycles. The number of carbonyl (C=O) groups excluding carboxylic acids is 2. The number of ketones is 1. The van der Waals surface area contributed by atoms with Crippen molar-refractivity contribution in [3.63, 3.8) is 0 Å². The summed E-state index contributed by atoms with van der Waals surface area (Å²) in [6.45, 7) is 6.03. The summed E-state index contributed by atoms with van der Waals surface area (Å²) < 4.78 is 1.80. The van der Waals surface area contributed by atoms with Gasteiger partial charge < -0.3 is 4.90 Å². The summed E-state index contributed by atoms with van der Waals surface area (Å²) in [7, 11) is 0. The van der Waals surface area contributed by atoms with Gasteiger partial charge in [-0.1, -0.05) is 0 Å². The van der Waals surface area contributed by atoms with Crippen LogP contribution in [0.1, 0.15) is 46.4 Å². The molecule has 6 nitrogen and oxygen atoms in total. The number of hydrogen-bond acceptors (Lipinski definition) is 4. The molecule has 0 aliphatic carbocycles. The van der Waals surface area contributed by atoms with Gasteiger partial charge in [-0.2, -0.15) is 5.10 Å². The zero-order valence-electron chi connectivity index (χ0n) is 15.5. The Morgan fingerprint density at radius 2 is 1.93 bits per heavy atom. The summed E-state index contributed by atoms with van der Waals surface area (Å²) in [4.78, 5) is 30.8. The topological polar surface area (TPSA) is 68.1 Å². The van der Waals surface area contributed by atoms with E-state index in [1.807, 2.05) is 38.1 Å². The number of hydrogen-bond donors (Lipinski definition) is 0. The van der Waals surface area contributed by atoms with Crippen molar-refractivity contribution in [2.45, 2.75) is 26.8 Å². The maximum absolute atomic E-state index is 13.3. The Kier molecular flexibility index (Phi) is 4.11. The van der Waals surface area contributed by atoms with Crippen molar-refractivity contribution in [2.75, 3.05) is 11.4 Å². The van der Waals surface area contributed by atoms with Gasteiger partial charge in [-0.05, 0) is 62.7 Å². The van der Waals surface area contributed by atoms with Gasteiger partial charge in [0.15, 0.2) is 5.78 Å². The first-order chi connectivity index (χ1) is 13.0. The van der Waals surface area contributed by atoms with Gasteiger partial charge in [0.2, 0.25) is 0 Å². The van der Waals surface area contributed by atoms with E-state index < -0.39 is 0 Å². The molecule has 136 valence electrons. The molecule has 6 heteroatoms. The Labute approximate surface area is 157 Å². The van der Waals surface area contributed by atoms with Gasteiger partial charge in [0.25, 0.3) is 5.91 Å². The van der Waals surface area contributed by atoms with Crippen LogP contribution < -0.4 is 4.90 Å². The van der Waals surface area contributed by atoms with Gasteiger partial charge in [-0.15, -0.1) is 0 Å². The van der Waals surface area contributed by atoms with E-state index >= 15 is 0 Å². The van der Waals surface area contributed by atoms with Crippen molar-refractivity contribution in [3.8, 4) is 11.1 Å². The quantitative estimate of drug-likeness (QED) is 0.668. The predicted octanol–water partition coefficient (Wildman–Crippen LogP) is 3.68.